The summed E-state index contributed by atoms with van der Waals surface area (Å²) < 4.78 is 0. The first kappa shape index (κ1) is 13.0. The lowest BCUT2D eigenvalue weighted by molar-refractivity contribution is 0.111. The van der Waals surface area contributed by atoms with Crippen LogP contribution in [0.15, 0.2) is 0 Å². The molecule has 1 fully saturated rings. The van der Waals surface area contributed by atoms with Crippen molar-refractivity contribution >= 4 is 0 Å². The van der Waals surface area contributed by atoms with Gasteiger partial charge in [0.15, 0.2) is 0 Å². The molecular weight excluding hydrogens is 184 g/mol. The molecule has 3 atom stereocenters. The molecule has 1 N–H and O–H groups in total. The van der Waals surface area contributed by atoms with Crippen LogP contribution in [0.3, 0.4) is 0 Å². The van der Waals surface area contributed by atoms with Crippen molar-refractivity contribution in [1.82, 2.24) is 10.2 Å². The number of likely N-dealkylation sites (N-methyl/N-ethyl adjacent to an activating group) is 2. The van der Waals surface area contributed by atoms with E-state index in [1.807, 2.05) is 0 Å². The van der Waals surface area contributed by atoms with Gasteiger partial charge in [-0.15, -0.1) is 0 Å². The minimum atomic E-state index is 0.728. The van der Waals surface area contributed by atoms with Gasteiger partial charge in [-0.1, -0.05) is 27.7 Å². The Labute approximate surface area is 95.4 Å². The molecule has 0 radical (unpaired) electrons. The molecule has 0 aliphatic heterocycles. The van der Waals surface area contributed by atoms with Gasteiger partial charge in [0.25, 0.3) is 0 Å². The second-order valence-electron chi connectivity index (χ2n) is 4.87. The number of hydrogen-bond donors (Lipinski definition) is 1. The average Bonchev–Trinajstić information content (AvgIpc) is 2.24. The maximum atomic E-state index is 3.66. The summed E-state index contributed by atoms with van der Waals surface area (Å²) in [7, 11) is 0. The third kappa shape index (κ3) is 3.46. The normalized spacial score (nSPS) is 32.2. The number of nitrogens with zero attached hydrogens (tertiary/aromatic N) is 1. The third-order valence-corrected chi connectivity index (χ3v) is 3.83. The second-order valence-corrected chi connectivity index (χ2v) is 4.87. The van der Waals surface area contributed by atoms with Gasteiger partial charge in [0.05, 0.1) is 0 Å². The summed E-state index contributed by atoms with van der Waals surface area (Å²) in [4.78, 5) is 2.63. The van der Waals surface area contributed by atoms with Gasteiger partial charge in [-0.3, -0.25) is 4.90 Å². The summed E-state index contributed by atoms with van der Waals surface area (Å²) in [5, 5.41) is 3.66. The van der Waals surface area contributed by atoms with Crippen LogP contribution in [-0.4, -0.2) is 36.6 Å². The first-order valence-corrected chi connectivity index (χ1v) is 6.70. The summed E-state index contributed by atoms with van der Waals surface area (Å²) >= 11 is 0. The van der Waals surface area contributed by atoms with E-state index in [-0.39, 0.29) is 0 Å². The molecule has 1 rings (SSSR count). The SMILES string of the molecule is CCNC1CCC(C)CC1N(CC)CC. The topological polar surface area (TPSA) is 15.3 Å². The van der Waals surface area contributed by atoms with Gasteiger partial charge in [0.1, 0.15) is 0 Å². The van der Waals surface area contributed by atoms with Gasteiger partial charge in [-0.25, -0.2) is 0 Å². The zero-order valence-corrected chi connectivity index (χ0v) is 10.9. The van der Waals surface area contributed by atoms with E-state index in [0.717, 1.165) is 24.5 Å². The zero-order chi connectivity index (χ0) is 11.3. The molecule has 0 aromatic rings. The first-order chi connectivity index (χ1) is 7.22. The Morgan fingerprint density at radius 3 is 2.33 bits per heavy atom. The van der Waals surface area contributed by atoms with Crippen LogP contribution in [0.1, 0.15) is 47.0 Å². The molecule has 3 unspecified atom stereocenters. The van der Waals surface area contributed by atoms with Crippen molar-refractivity contribution in [2.75, 3.05) is 19.6 Å². The Morgan fingerprint density at radius 1 is 1.13 bits per heavy atom. The Morgan fingerprint density at radius 2 is 1.80 bits per heavy atom. The quantitative estimate of drug-likeness (QED) is 0.753. The van der Waals surface area contributed by atoms with E-state index < -0.39 is 0 Å². The molecule has 0 amide bonds. The fourth-order valence-electron chi connectivity index (χ4n) is 2.95. The molecule has 0 bridgehead atoms. The minimum absolute atomic E-state index is 0.728. The Bertz CT molecular complexity index is 166. The minimum Gasteiger partial charge on any atom is -0.313 e. The highest BCUT2D eigenvalue weighted by atomic mass is 15.2. The number of hydrogen-bond acceptors (Lipinski definition) is 2. The van der Waals surface area contributed by atoms with Gasteiger partial charge >= 0.3 is 0 Å². The van der Waals surface area contributed by atoms with Crippen molar-refractivity contribution in [1.29, 1.82) is 0 Å². The summed E-state index contributed by atoms with van der Waals surface area (Å²) in [5.41, 5.74) is 0. The molecule has 2 heteroatoms. The maximum absolute atomic E-state index is 3.66. The van der Waals surface area contributed by atoms with Crippen molar-refractivity contribution in [2.45, 2.75) is 59.0 Å². The summed E-state index contributed by atoms with van der Waals surface area (Å²) in [6.07, 6.45) is 4.13. The lowest BCUT2D eigenvalue weighted by Crippen LogP contribution is -2.52. The molecule has 0 saturated heterocycles. The summed E-state index contributed by atoms with van der Waals surface area (Å²) in [6.45, 7) is 12.7. The van der Waals surface area contributed by atoms with E-state index in [2.05, 4.69) is 37.9 Å². The van der Waals surface area contributed by atoms with Crippen molar-refractivity contribution in [3.8, 4) is 0 Å². The highest BCUT2D eigenvalue weighted by Crippen LogP contribution is 2.27. The Kier molecular flexibility index (Phi) is 5.62. The molecular formula is C13H28N2. The van der Waals surface area contributed by atoms with Crippen LogP contribution in [0, 0.1) is 5.92 Å². The smallest absolute Gasteiger partial charge is 0.0251 e. The summed E-state index contributed by atoms with van der Waals surface area (Å²) in [5.74, 6) is 0.908. The molecule has 0 heterocycles. The second kappa shape index (κ2) is 6.49. The van der Waals surface area contributed by atoms with Crippen molar-refractivity contribution in [3.63, 3.8) is 0 Å². The predicted octanol–water partition coefficient (Wildman–Crippen LogP) is 2.49. The van der Waals surface area contributed by atoms with E-state index in [9.17, 15) is 0 Å². The Hall–Kier alpha value is -0.0800. The van der Waals surface area contributed by atoms with Gasteiger partial charge in [0, 0.05) is 12.1 Å². The van der Waals surface area contributed by atoms with Crippen LogP contribution < -0.4 is 5.32 Å². The monoisotopic (exact) mass is 212 g/mol. The summed E-state index contributed by atoms with van der Waals surface area (Å²) in [6, 6.07) is 1.50. The number of rotatable bonds is 5. The standard InChI is InChI=1S/C13H28N2/c1-5-14-12-9-8-11(4)10-13(12)15(6-2)7-3/h11-14H,5-10H2,1-4H3. The van der Waals surface area contributed by atoms with Crippen LogP contribution >= 0.6 is 0 Å². The van der Waals surface area contributed by atoms with Crippen LogP contribution in [0.5, 0.6) is 0 Å². The van der Waals surface area contributed by atoms with E-state index in [1.165, 1.54) is 32.4 Å². The van der Waals surface area contributed by atoms with Gasteiger partial charge in [-0.2, -0.15) is 0 Å². The average molecular weight is 212 g/mol. The third-order valence-electron chi connectivity index (χ3n) is 3.83. The highest BCUT2D eigenvalue weighted by Gasteiger charge is 2.30. The fourth-order valence-corrected chi connectivity index (χ4v) is 2.95. The van der Waals surface area contributed by atoms with Crippen molar-refractivity contribution < 1.29 is 0 Å². The number of nitrogens with one attached hydrogen (secondary N) is 1. The van der Waals surface area contributed by atoms with Crippen molar-refractivity contribution in [2.24, 2.45) is 5.92 Å². The molecule has 1 aliphatic rings. The van der Waals surface area contributed by atoms with Crippen LogP contribution in [0.4, 0.5) is 0 Å². The van der Waals surface area contributed by atoms with Crippen LogP contribution in [0.25, 0.3) is 0 Å². The molecule has 1 aliphatic carbocycles. The largest absolute Gasteiger partial charge is 0.313 e. The van der Waals surface area contributed by atoms with Crippen LogP contribution in [-0.2, 0) is 0 Å². The van der Waals surface area contributed by atoms with Gasteiger partial charge in [-0.05, 0) is 44.8 Å². The maximum Gasteiger partial charge on any atom is 0.0251 e. The lowest BCUT2D eigenvalue weighted by Gasteiger charge is -2.41. The molecule has 90 valence electrons. The molecule has 2 nitrogen and oxygen atoms in total. The predicted molar refractivity (Wildman–Crippen MR) is 67.2 cm³/mol. The molecule has 1 saturated carbocycles. The van der Waals surface area contributed by atoms with Gasteiger partial charge in [0.2, 0.25) is 0 Å². The highest BCUT2D eigenvalue weighted by molar-refractivity contribution is 4.89. The lowest BCUT2D eigenvalue weighted by atomic mass is 9.82. The van der Waals surface area contributed by atoms with E-state index >= 15 is 0 Å². The van der Waals surface area contributed by atoms with E-state index in [0.29, 0.717) is 0 Å². The van der Waals surface area contributed by atoms with E-state index in [4.69, 9.17) is 0 Å². The Balaban J connectivity index is 2.59. The van der Waals surface area contributed by atoms with Crippen LogP contribution in [0.2, 0.25) is 0 Å². The fraction of sp³-hybridized carbons (Fsp3) is 1.00. The van der Waals surface area contributed by atoms with Crippen molar-refractivity contribution in [3.05, 3.63) is 0 Å². The zero-order valence-electron chi connectivity index (χ0n) is 10.9. The molecule has 15 heavy (non-hydrogen) atoms. The van der Waals surface area contributed by atoms with E-state index in [1.54, 1.807) is 0 Å². The molecule has 0 aromatic heterocycles. The first-order valence-electron chi connectivity index (χ1n) is 6.70. The molecule has 0 spiro atoms. The van der Waals surface area contributed by atoms with Gasteiger partial charge < -0.3 is 5.32 Å². The molecule has 0 aromatic carbocycles.